The van der Waals surface area contributed by atoms with Crippen molar-refractivity contribution in [3.8, 4) is 6.07 Å². The van der Waals surface area contributed by atoms with Crippen molar-refractivity contribution in [2.75, 3.05) is 5.75 Å². The third-order valence-corrected chi connectivity index (χ3v) is 5.14. The predicted octanol–water partition coefficient (Wildman–Crippen LogP) is 3.51. The second kappa shape index (κ2) is 6.69. The first kappa shape index (κ1) is 15.3. The molecule has 0 saturated heterocycles. The van der Waals surface area contributed by atoms with Crippen molar-refractivity contribution in [3.05, 3.63) is 64.6 Å². The summed E-state index contributed by atoms with van der Waals surface area (Å²) in [5, 5.41) is 32.1. The van der Waals surface area contributed by atoms with Gasteiger partial charge in [-0.25, -0.2) is 4.98 Å². The van der Waals surface area contributed by atoms with Crippen LogP contribution in [-0.4, -0.2) is 15.8 Å². The van der Waals surface area contributed by atoms with Gasteiger partial charge in [-0.3, -0.25) is 0 Å². The molecule has 0 aliphatic carbocycles. The Kier molecular flexibility index (Phi) is 4.46. The average Bonchev–Trinajstić information content (AvgIpc) is 2.98. The molecule has 3 rings (SSSR count). The lowest BCUT2D eigenvalue weighted by atomic mass is 10.2. The van der Waals surface area contributed by atoms with Crippen molar-refractivity contribution in [1.82, 2.24) is 4.98 Å². The molecule has 0 aliphatic rings. The number of nitriles is 1. The van der Waals surface area contributed by atoms with Crippen molar-refractivity contribution < 1.29 is 9.84 Å². The van der Waals surface area contributed by atoms with E-state index >= 15 is 0 Å². The minimum Gasteiger partial charge on any atom is -0.618 e. The number of aliphatic hydroxyl groups is 1. The molecule has 0 aliphatic heterocycles. The average molecular weight is 341 g/mol. The molecule has 7 heteroatoms. The number of fused-ring (bicyclic) bond motifs is 1. The fraction of sp³-hybridized carbons (Fsp3) is 0.0625. The lowest BCUT2D eigenvalue weighted by molar-refractivity contribution is -0.645. The van der Waals surface area contributed by atoms with Gasteiger partial charge in [0.05, 0.1) is 16.0 Å². The second-order valence-corrected chi connectivity index (χ2v) is 6.60. The lowest BCUT2D eigenvalue weighted by Crippen LogP contribution is -2.27. The number of allylic oxidation sites excluding steroid dienone is 1. The summed E-state index contributed by atoms with van der Waals surface area (Å²) >= 11 is 2.52. The highest BCUT2D eigenvalue weighted by Crippen LogP contribution is 2.29. The van der Waals surface area contributed by atoms with Gasteiger partial charge in [0.1, 0.15) is 22.4 Å². The van der Waals surface area contributed by atoms with Crippen molar-refractivity contribution in [3.63, 3.8) is 0 Å². The molecule has 2 aromatic heterocycles. The fourth-order valence-corrected chi connectivity index (χ4v) is 3.73. The van der Waals surface area contributed by atoms with E-state index in [0.717, 1.165) is 14.9 Å². The van der Waals surface area contributed by atoms with E-state index in [4.69, 9.17) is 0 Å². The summed E-state index contributed by atoms with van der Waals surface area (Å²) in [6.07, 6.45) is 1.39. The van der Waals surface area contributed by atoms with Crippen LogP contribution in [0.1, 0.15) is 5.01 Å². The van der Waals surface area contributed by atoms with Crippen molar-refractivity contribution in [2.45, 2.75) is 5.03 Å². The molecule has 23 heavy (non-hydrogen) atoms. The van der Waals surface area contributed by atoms with Crippen LogP contribution in [0.25, 0.3) is 15.8 Å². The molecule has 0 saturated carbocycles. The summed E-state index contributed by atoms with van der Waals surface area (Å²) in [7, 11) is 0. The Balaban J connectivity index is 1.87. The molecular formula is C16H11N3O2S2. The van der Waals surface area contributed by atoms with Crippen LogP contribution < -0.4 is 4.73 Å². The lowest BCUT2D eigenvalue weighted by Gasteiger charge is -2.03. The summed E-state index contributed by atoms with van der Waals surface area (Å²) < 4.78 is 1.68. The molecule has 0 fully saturated rings. The maximum absolute atomic E-state index is 11.6. The quantitative estimate of drug-likeness (QED) is 0.258. The predicted molar refractivity (Wildman–Crippen MR) is 90.9 cm³/mol. The number of thioether (sulfide) groups is 1. The Morgan fingerprint density at radius 2 is 2.09 bits per heavy atom. The van der Waals surface area contributed by atoms with Gasteiger partial charge < -0.3 is 10.3 Å². The molecule has 0 atom stereocenters. The highest BCUT2D eigenvalue weighted by Gasteiger charge is 2.15. The number of rotatable bonds is 4. The van der Waals surface area contributed by atoms with Gasteiger partial charge in [0.15, 0.2) is 6.20 Å². The van der Waals surface area contributed by atoms with Crippen LogP contribution in [-0.2, 0) is 0 Å². The van der Waals surface area contributed by atoms with Gasteiger partial charge in [0.2, 0.25) is 0 Å². The first-order valence-electron chi connectivity index (χ1n) is 6.68. The highest BCUT2D eigenvalue weighted by atomic mass is 32.2. The molecule has 1 N–H and O–H groups in total. The fourth-order valence-electron chi connectivity index (χ4n) is 1.95. The van der Waals surface area contributed by atoms with E-state index in [0.29, 0.717) is 10.0 Å². The first-order valence-corrected chi connectivity index (χ1v) is 8.48. The largest absolute Gasteiger partial charge is 0.618 e. The molecule has 2 heterocycles. The highest BCUT2D eigenvalue weighted by molar-refractivity contribution is 7.99. The van der Waals surface area contributed by atoms with Crippen LogP contribution in [0.15, 0.2) is 59.4 Å². The maximum Gasteiger partial charge on any atom is 0.251 e. The minimum atomic E-state index is -0.0830. The normalized spacial score (nSPS) is 12.0. The zero-order valence-corrected chi connectivity index (χ0v) is 13.5. The van der Waals surface area contributed by atoms with Crippen LogP contribution in [0, 0.1) is 16.5 Å². The molecule has 5 nitrogen and oxygen atoms in total. The van der Waals surface area contributed by atoms with E-state index in [1.165, 1.54) is 29.3 Å². The monoisotopic (exact) mass is 341 g/mol. The third-order valence-electron chi connectivity index (χ3n) is 3.05. The van der Waals surface area contributed by atoms with E-state index in [1.54, 1.807) is 18.2 Å². The number of thiazole rings is 1. The number of aromatic nitrogens is 2. The van der Waals surface area contributed by atoms with E-state index < -0.39 is 0 Å². The van der Waals surface area contributed by atoms with Crippen molar-refractivity contribution in [1.29, 1.82) is 5.26 Å². The zero-order valence-electron chi connectivity index (χ0n) is 11.8. The van der Waals surface area contributed by atoms with Crippen molar-refractivity contribution >= 4 is 38.9 Å². The van der Waals surface area contributed by atoms with Crippen molar-refractivity contribution in [2.24, 2.45) is 0 Å². The van der Waals surface area contributed by atoms with Crippen LogP contribution >= 0.6 is 23.1 Å². The van der Waals surface area contributed by atoms with Gasteiger partial charge in [-0.05, 0) is 30.0 Å². The van der Waals surface area contributed by atoms with E-state index in [9.17, 15) is 15.6 Å². The SMILES string of the molecule is N#CC(=C(O)CSc1cccc[n+]1[O-])c1nc2ccccc2s1. The van der Waals surface area contributed by atoms with Crippen LogP contribution in [0.5, 0.6) is 0 Å². The van der Waals surface area contributed by atoms with Crippen LogP contribution in [0.2, 0.25) is 0 Å². The summed E-state index contributed by atoms with van der Waals surface area (Å²) in [4.78, 5) is 4.38. The number of hydrogen-bond acceptors (Lipinski definition) is 6. The molecule has 3 aromatic rings. The first-order chi connectivity index (χ1) is 11.2. The van der Waals surface area contributed by atoms with Crippen LogP contribution in [0.3, 0.4) is 0 Å². The standard InChI is InChI=1S/C16H11N3O2S2/c17-9-11(16-18-12-5-1-2-6-14(12)23-16)13(20)10-22-15-7-3-4-8-19(15)21/h1-8,20H,10H2. The van der Waals surface area contributed by atoms with Gasteiger partial charge >= 0.3 is 0 Å². The summed E-state index contributed by atoms with van der Waals surface area (Å²) in [5.74, 6) is 0.0471. The van der Waals surface area contributed by atoms with E-state index in [-0.39, 0.29) is 17.1 Å². The molecule has 1 aromatic carbocycles. The Bertz CT molecular complexity index is 895. The summed E-state index contributed by atoms with van der Waals surface area (Å²) in [6.45, 7) is 0. The van der Waals surface area contributed by atoms with Gasteiger partial charge in [-0.15, -0.1) is 11.3 Å². The van der Waals surface area contributed by atoms with Gasteiger partial charge in [0, 0.05) is 12.1 Å². The minimum absolute atomic E-state index is 0.0830. The third kappa shape index (κ3) is 3.28. The van der Waals surface area contributed by atoms with Crippen LogP contribution in [0.4, 0.5) is 0 Å². The smallest absolute Gasteiger partial charge is 0.251 e. The second-order valence-electron chi connectivity index (χ2n) is 4.57. The Morgan fingerprint density at radius 1 is 1.30 bits per heavy atom. The zero-order chi connectivity index (χ0) is 16.2. The molecule has 0 unspecified atom stereocenters. The maximum atomic E-state index is 11.6. The summed E-state index contributed by atoms with van der Waals surface area (Å²) in [5.41, 5.74) is 0.938. The number of nitrogens with zero attached hydrogens (tertiary/aromatic N) is 3. The molecule has 0 radical (unpaired) electrons. The summed E-state index contributed by atoms with van der Waals surface area (Å²) in [6, 6.07) is 14.6. The number of para-hydroxylation sites is 1. The Morgan fingerprint density at radius 3 is 2.83 bits per heavy atom. The Hall–Kier alpha value is -2.56. The Labute approximate surface area is 140 Å². The van der Waals surface area contributed by atoms with Gasteiger partial charge in [0.25, 0.3) is 5.03 Å². The number of hydrogen-bond donors (Lipinski definition) is 1. The molecule has 114 valence electrons. The van der Waals surface area contributed by atoms with E-state index in [1.807, 2.05) is 30.3 Å². The number of pyridine rings is 1. The molecule has 0 amide bonds. The van der Waals surface area contributed by atoms with E-state index in [2.05, 4.69) is 4.98 Å². The topological polar surface area (TPSA) is 83.8 Å². The van der Waals surface area contributed by atoms with Gasteiger partial charge in [-0.2, -0.15) is 9.99 Å². The van der Waals surface area contributed by atoms with Gasteiger partial charge in [-0.1, -0.05) is 12.1 Å². The molecular weight excluding hydrogens is 330 g/mol. The molecule has 0 bridgehead atoms. The number of aliphatic hydroxyl groups excluding tert-OH is 1. The molecule has 0 spiro atoms. The number of benzene rings is 1.